The second-order valence-electron chi connectivity index (χ2n) is 5.53. The van der Waals surface area contributed by atoms with E-state index in [4.69, 9.17) is 16.3 Å². The summed E-state index contributed by atoms with van der Waals surface area (Å²) < 4.78 is 17.9. The molecule has 2 amide bonds. The van der Waals surface area contributed by atoms with Crippen molar-refractivity contribution in [1.29, 1.82) is 0 Å². The standard InChI is InChI=1S/C16H22ClFN2O3/c1-4-23-16(22)20-12(7-10(2)3)9-19-15(21)13-6-5-11(18)8-14(13)17/h5-6,8,10,12H,4,7,9H2,1-3H3,(H,19,21)(H,20,22). The highest BCUT2D eigenvalue weighted by Crippen LogP contribution is 2.17. The molecular weight excluding hydrogens is 323 g/mol. The van der Waals surface area contributed by atoms with E-state index in [1.54, 1.807) is 6.92 Å². The van der Waals surface area contributed by atoms with Gasteiger partial charge in [0.1, 0.15) is 5.82 Å². The third-order valence-electron chi connectivity index (χ3n) is 3.04. The molecule has 0 saturated heterocycles. The molecule has 7 heteroatoms. The average molecular weight is 345 g/mol. The molecule has 23 heavy (non-hydrogen) atoms. The predicted molar refractivity (Wildman–Crippen MR) is 87.1 cm³/mol. The van der Waals surface area contributed by atoms with Gasteiger partial charge in [0.05, 0.1) is 17.2 Å². The van der Waals surface area contributed by atoms with Gasteiger partial charge in [-0.25, -0.2) is 9.18 Å². The van der Waals surface area contributed by atoms with Gasteiger partial charge in [-0.15, -0.1) is 0 Å². The number of hydrogen-bond acceptors (Lipinski definition) is 3. The molecule has 2 N–H and O–H groups in total. The van der Waals surface area contributed by atoms with Gasteiger partial charge in [-0.05, 0) is 37.5 Å². The fraction of sp³-hybridized carbons (Fsp3) is 0.500. The highest BCUT2D eigenvalue weighted by molar-refractivity contribution is 6.33. The van der Waals surface area contributed by atoms with E-state index < -0.39 is 17.8 Å². The maximum atomic E-state index is 13.0. The van der Waals surface area contributed by atoms with Crippen molar-refractivity contribution in [2.75, 3.05) is 13.2 Å². The molecule has 128 valence electrons. The number of halogens is 2. The first-order chi connectivity index (χ1) is 10.8. The molecule has 1 aromatic rings. The van der Waals surface area contributed by atoms with Crippen LogP contribution in [-0.4, -0.2) is 31.2 Å². The van der Waals surface area contributed by atoms with E-state index in [2.05, 4.69) is 10.6 Å². The van der Waals surface area contributed by atoms with Gasteiger partial charge in [0.25, 0.3) is 5.91 Å². The van der Waals surface area contributed by atoms with Crippen LogP contribution in [0.3, 0.4) is 0 Å². The quantitative estimate of drug-likeness (QED) is 0.797. The van der Waals surface area contributed by atoms with Crippen LogP contribution in [0.1, 0.15) is 37.6 Å². The van der Waals surface area contributed by atoms with Gasteiger partial charge in [0.15, 0.2) is 0 Å². The minimum absolute atomic E-state index is 0.0428. The van der Waals surface area contributed by atoms with Crippen LogP contribution >= 0.6 is 11.6 Å². The number of rotatable bonds is 7. The van der Waals surface area contributed by atoms with Gasteiger partial charge in [-0.3, -0.25) is 4.79 Å². The summed E-state index contributed by atoms with van der Waals surface area (Å²) in [6, 6.07) is 3.31. The highest BCUT2D eigenvalue weighted by atomic mass is 35.5. The maximum Gasteiger partial charge on any atom is 0.407 e. The summed E-state index contributed by atoms with van der Waals surface area (Å²) in [7, 11) is 0. The lowest BCUT2D eigenvalue weighted by Crippen LogP contribution is -2.44. The van der Waals surface area contributed by atoms with E-state index in [0.717, 1.165) is 6.07 Å². The van der Waals surface area contributed by atoms with Crippen LogP contribution in [0.2, 0.25) is 5.02 Å². The van der Waals surface area contributed by atoms with E-state index in [0.29, 0.717) is 12.3 Å². The van der Waals surface area contributed by atoms with Crippen molar-refractivity contribution < 1.29 is 18.7 Å². The fourth-order valence-corrected chi connectivity index (χ4v) is 2.34. The van der Waals surface area contributed by atoms with Crippen LogP contribution in [0.5, 0.6) is 0 Å². The van der Waals surface area contributed by atoms with Crippen LogP contribution < -0.4 is 10.6 Å². The minimum atomic E-state index is -0.521. The van der Waals surface area contributed by atoms with Crippen molar-refractivity contribution in [2.45, 2.75) is 33.2 Å². The Labute approximate surface area is 140 Å². The molecule has 0 aliphatic carbocycles. The summed E-state index contributed by atoms with van der Waals surface area (Å²) in [6.45, 7) is 6.24. The van der Waals surface area contributed by atoms with Gasteiger partial charge in [0, 0.05) is 12.6 Å². The topological polar surface area (TPSA) is 67.4 Å². The number of ether oxygens (including phenoxy) is 1. The Morgan fingerprint density at radius 1 is 1.35 bits per heavy atom. The number of benzene rings is 1. The van der Waals surface area contributed by atoms with Gasteiger partial charge in [-0.2, -0.15) is 0 Å². The Morgan fingerprint density at radius 3 is 2.61 bits per heavy atom. The number of hydrogen-bond donors (Lipinski definition) is 2. The van der Waals surface area contributed by atoms with E-state index >= 15 is 0 Å². The van der Waals surface area contributed by atoms with Crippen LogP contribution in [0.15, 0.2) is 18.2 Å². The number of amides is 2. The Morgan fingerprint density at radius 2 is 2.04 bits per heavy atom. The normalized spacial score (nSPS) is 11.9. The molecule has 1 aromatic carbocycles. The summed E-state index contributed by atoms with van der Waals surface area (Å²) >= 11 is 5.86. The number of nitrogens with one attached hydrogen (secondary N) is 2. The number of alkyl carbamates (subject to hydrolysis) is 1. The summed E-state index contributed by atoms with van der Waals surface area (Å²) in [5, 5.41) is 5.45. The van der Waals surface area contributed by atoms with Crippen molar-refractivity contribution in [2.24, 2.45) is 5.92 Å². The molecule has 5 nitrogen and oxygen atoms in total. The van der Waals surface area contributed by atoms with Crippen molar-refractivity contribution in [3.63, 3.8) is 0 Å². The number of carbonyl (C=O) groups excluding carboxylic acids is 2. The molecule has 1 unspecified atom stereocenters. The SMILES string of the molecule is CCOC(=O)NC(CNC(=O)c1ccc(F)cc1Cl)CC(C)C. The van der Waals surface area contributed by atoms with Crippen molar-refractivity contribution in [3.05, 3.63) is 34.6 Å². The van der Waals surface area contributed by atoms with Crippen molar-refractivity contribution >= 4 is 23.6 Å². The highest BCUT2D eigenvalue weighted by Gasteiger charge is 2.17. The molecule has 0 aromatic heterocycles. The van der Waals surface area contributed by atoms with Gasteiger partial charge in [0.2, 0.25) is 0 Å². The van der Waals surface area contributed by atoms with Gasteiger partial charge < -0.3 is 15.4 Å². The lowest BCUT2D eigenvalue weighted by Gasteiger charge is -2.21. The largest absolute Gasteiger partial charge is 0.450 e. The molecule has 0 spiro atoms. The van der Waals surface area contributed by atoms with Gasteiger partial charge >= 0.3 is 6.09 Å². The second-order valence-corrected chi connectivity index (χ2v) is 5.93. The minimum Gasteiger partial charge on any atom is -0.450 e. The van der Waals surface area contributed by atoms with Crippen LogP contribution in [0, 0.1) is 11.7 Å². The zero-order chi connectivity index (χ0) is 17.4. The monoisotopic (exact) mass is 344 g/mol. The fourth-order valence-electron chi connectivity index (χ4n) is 2.09. The zero-order valence-electron chi connectivity index (χ0n) is 13.5. The molecule has 0 aliphatic rings. The zero-order valence-corrected chi connectivity index (χ0v) is 14.2. The summed E-state index contributed by atoms with van der Waals surface area (Å²) in [5.74, 6) is -0.601. The molecule has 0 bridgehead atoms. The van der Waals surface area contributed by atoms with E-state index in [1.165, 1.54) is 12.1 Å². The smallest absolute Gasteiger partial charge is 0.407 e. The Kier molecular flexibility index (Phi) is 7.81. The second kappa shape index (κ2) is 9.35. The molecule has 0 fully saturated rings. The molecule has 1 atom stereocenters. The molecule has 0 aliphatic heterocycles. The summed E-state index contributed by atoms with van der Waals surface area (Å²) in [4.78, 5) is 23.6. The molecule has 0 heterocycles. The lowest BCUT2D eigenvalue weighted by atomic mass is 10.0. The first-order valence-corrected chi connectivity index (χ1v) is 7.87. The molecule has 0 saturated carbocycles. The van der Waals surface area contributed by atoms with E-state index in [9.17, 15) is 14.0 Å². The maximum absolute atomic E-state index is 13.0. The van der Waals surface area contributed by atoms with Crippen LogP contribution in [0.4, 0.5) is 9.18 Å². The van der Waals surface area contributed by atoms with E-state index in [1.807, 2.05) is 13.8 Å². The summed E-state index contributed by atoms with van der Waals surface area (Å²) in [5.41, 5.74) is 0.187. The molecular formula is C16H22ClFN2O3. The van der Waals surface area contributed by atoms with Crippen molar-refractivity contribution in [3.8, 4) is 0 Å². The third kappa shape index (κ3) is 6.86. The first kappa shape index (κ1) is 19.2. The molecule has 1 rings (SSSR count). The first-order valence-electron chi connectivity index (χ1n) is 7.50. The summed E-state index contributed by atoms with van der Waals surface area (Å²) in [6.07, 6.45) is 0.156. The van der Waals surface area contributed by atoms with E-state index in [-0.39, 0.29) is 29.8 Å². The average Bonchev–Trinajstić information content (AvgIpc) is 2.44. The molecule has 0 radical (unpaired) electrons. The van der Waals surface area contributed by atoms with Crippen LogP contribution in [0.25, 0.3) is 0 Å². The predicted octanol–water partition coefficient (Wildman–Crippen LogP) is 3.37. The Balaban J connectivity index is 2.65. The Hall–Kier alpha value is -1.82. The lowest BCUT2D eigenvalue weighted by molar-refractivity contribution is 0.0944. The third-order valence-corrected chi connectivity index (χ3v) is 3.35. The number of carbonyl (C=O) groups is 2. The van der Waals surface area contributed by atoms with Crippen molar-refractivity contribution in [1.82, 2.24) is 10.6 Å². The van der Waals surface area contributed by atoms with Gasteiger partial charge in [-0.1, -0.05) is 25.4 Å². The van der Waals surface area contributed by atoms with Crippen LogP contribution in [-0.2, 0) is 4.74 Å². The Bertz CT molecular complexity index is 552.